The Morgan fingerprint density at radius 3 is 2.62 bits per heavy atom. The minimum Gasteiger partial charge on any atom is -0.384 e. The van der Waals surface area contributed by atoms with Gasteiger partial charge in [0, 0.05) is 23.8 Å². The Labute approximate surface area is 190 Å². The lowest BCUT2D eigenvalue weighted by Gasteiger charge is -2.40. The molecule has 2 aromatic carbocycles. The van der Waals surface area contributed by atoms with Crippen LogP contribution in [0, 0.1) is 35.3 Å². The van der Waals surface area contributed by atoms with Gasteiger partial charge in [0.25, 0.3) is 5.69 Å². The summed E-state index contributed by atoms with van der Waals surface area (Å²) >= 11 is 5.99. The molecule has 2 N–H and O–H groups in total. The third kappa shape index (κ3) is 3.43. The molecular weight excluding hydrogens is 428 g/mol. The summed E-state index contributed by atoms with van der Waals surface area (Å²) in [6.45, 7) is 3.94. The highest BCUT2D eigenvalue weighted by Gasteiger charge is 2.41. The lowest BCUT2D eigenvalue weighted by Crippen LogP contribution is -2.38. The molecule has 0 saturated carbocycles. The number of nitriles is 1. The number of rotatable bonds is 3. The van der Waals surface area contributed by atoms with Crippen LogP contribution in [-0.4, -0.2) is 10.7 Å². The first-order chi connectivity index (χ1) is 15.2. The summed E-state index contributed by atoms with van der Waals surface area (Å²) in [4.78, 5) is 25.7. The first-order valence-corrected chi connectivity index (χ1v) is 10.6. The number of anilines is 1. The average molecular weight is 449 g/mol. The molecule has 1 aliphatic carbocycles. The predicted molar refractivity (Wildman–Crippen MR) is 122 cm³/mol. The average Bonchev–Trinajstić information content (AvgIpc) is 2.74. The van der Waals surface area contributed by atoms with Crippen molar-refractivity contribution >= 4 is 28.8 Å². The summed E-state index contributed by atoms with van der Waals surface area (Å²) in [6, 6.07) is 12.5. The largest absolute Gasteiger partial charge is 0.384 e. The Kier molecular flexibility index (Phi) is 5.49. The molecule has 4 rings (SSSR count). The maximum Gasteiger partial charge on any atom is 0.289 e. The van der Waals surface area contributed by atoms with Gasteiger partial charge in [-0.25, -0.2) is 0 Å². The molecule has 7 nitrogen and oxygen atoms in total. The van der Waals surface area contributed by atoms with Gasteiger partial charge >= 0.3 is 0 Å². The molecule has 0 spiro atoms. The first-order valence-electron chi connectivity index (χ1n) is 10.2. The normalized spacial score (nSPS) is 18.5. The molecule has 1 aliphatic heterocycles. The quantitative estimate of drug-likeness (QED) is 0.511. The summed E-state index contributed by atoms with van der Waals surface area (Å²) in [7, 11) is 0. The number of benzene rings is 2. The first kappa shape index (κ1) is 21.6. The number of Topliss-reactive ketones (excluding diaryl/α,β-unsaturated/α-hetero) is 1. The van der Waals surface area contributed by atoms with E-state index < -0.39 is 10.8 Å². The zero-order chi connectivity index (χ0) is 23.2. The van der Waals surface area contributed by atoms with E-state index in [-0.39, 0.29) is 27.9 Å². The van der Waals surface area contributed by atoms with Gasteiger partial charge in [-0.2, -0.15) is 5.26 Å². The molecule has 0 bridgehead atoms. The van der Waals surface area contributed by atoms with Crippen LogP contribution >= 0.6 is 11.6 Å². The molecule has 2 aromatic rings. The number of halogens is 1. The zero-order valence-electron chi connectivity index (χ0n) is 17.7. The molecule has 0 aromatic heterocycles. The number of ketones is 1. The molecule has 0 radical (unpaired) electrons. The summed E-state index contributed by atoms with van der Waals surface area (Å²) in [5.74, 6) is -0.436. The van der Waals surface area contributed by atoms with Gasteiger partial charge in [0.05, 0.1) is 28.2 Å². The number of carbonyl (C=O) groups is 1. The van der Waals surface area contributed by atoms with Gasteiger partial charge < -0.3 is 5.73 Å². The Morgan fingerprint density at radius 1 is 1.22 bits per heavy atom. The Hall–Kier alpha value is -3.63. The molecule has 1 atom stereocenters. The van der Waals surface area contributed by atoms with E-state index in [1.807, 2.05) is 32.0 Å². The van der Waals surface area contributed by atoms with Crippen LogP contribution in [0.4, 0.5) is 11.4 Å². The van der Waals surface area contributed by atoms with Crippen molar-refractivity contribution in [2.24, 2.45) is 5.73 Å². The molecule has 162 valence electrons. The van der Waals surface area contributed by atoms with Crippen LogP contribution in [0.25, 0.3) is 0 Å². The van der Waals surface area contributed by atoms with Crippen molar-refractivity contribution in [3.63, 3.8) is 0 Å². The van der Waals surface area contributed by atoms with Crippen LogP contribution < -0.4 is 10.6 Å². The van der Waals surface area contributed by atoms with E-state index in [9.17, 15) is 20.2 Å². The number of nitrogens with zero attached hydrogens (tertiary/aromatic N) is 3. The van der Waals surface area contributed by atoms with E-state index in [0.717, 1.165) is 16.7 Å². The van der Waals surface area contributed by atoms with E-state index in [4.69, 9.17) is 17.3 Å². The maximum atomic E-state index is 13.2. The minimum atomic E-state index is -0.569. The monoisotopic (exact) mass is 448 g/mol. The SMILES string of the molecule is Cc1ccc(C2C(C#N)=C(N)N(c3ccc(Cl)c([N+](=O)[O-])c3)C3=C2C(=O)CCC3)c(C)c1. The third-order valence-corrected chi connectivity index (χ3v) is 6.35. The van der Waals surface area contributed by atoms with Gasteiger partial charge in [0.2, 0.25) is 0 Å². The van der Waals surface area contributed by atoms with Crippen molar-refractivity contribution in [1.82, 2.24) is 0 Å². The number of nitro benzene ring substituents is 1. The number of nitro groups is 1. The van der Waals surface area contributed by atoms with Gasteiger partial charge in [-0.05, 0) is 49.9 Å². The highest BCUT2D eigenvalue weighted by Crippen LogP contribution is 2.47. The number of nitrogens with two attached hydrogens (primary N) is 1. The lowest BCUT2D eigenvalue weighted by molar-refractivity contribution is -0.384. The molecule has 1 heterocycles. The number of aryl methyl sites for hydroxylation is 2. The zero-order valence-corrected chi connectivity index (χ0v) is 18.4. The molecular formula is C24H21ClN4O3. The smallest absolute Gasteiger partial charge is 0.289 e. The molecule has 8 heteroatoms. The van der Waals surface area contributed by atoms with Crippen molar-refractivity contribution in [3.8, 4) is 6.07 Å². The van der Waals surface area contributed by atoms with Crippen LogP contribution in [0.5, 0.6) is 0 Å². The van der Waals surface area contributed by atoms with Crippen LogP contribution in [0.3, 0.4) is 0 Å². The van der Waals surface area contributed by atoms with Crippen molar-refractivity contribution in [3.05, 3.63) is 90.9 Å². The molecule has 32 heavy (non-hydrogen) atoms. The van der Waals surface area contributed by atoms with E-state index in [0.29, 0.717) is 36.2 Å². The van der Waals surface area contributed by atoms with E-state index >= 15 is 0 Å². The summed E-state index contributed by atoms with van der Waals surface area (Å²) in [5.41, 5.74) is 11.0. The third-order valence-electron chi connectivity index (χ3n) is 6.03. The second-order valence-corrected chi connectivity index (χ2v) is 8.48. The molecule has 1 unspecified atom stereocenters. The molecule has 0 saturated heterocycles. The van der Waals surface area contributed by atoms with E-state index in [1.54, 1.807) is 11.0 Å². The van der Waals surface area contributed by atoms with Crippen LogP contribution in [0.15, 0.2) is 59.1 Å². The molecule has 0 fully saturated rings. The number of carbonyl (C=O) groups excluding carboxylic acids is 1. The Balaban J connectivity index is 1.99. The summed E-state index contributed by atoms with van der Waals surface area (Å²) in [5, 5.41) is 21.5. The van der Waals surface area contributed by atoms with E-state index in [2.05, 4.69) is 6.07 Å². The Bertz CT molecular complexity index is 1270. The molecule has 2 aliphatic rings. The minimum absolute atomic E-state index is 0.000831. The standard InChI is InChI=1S/C24H21ClN4O3/c1-13-6-8-16(14(2)10-13)22-17(12-26)24(27)28(19-4-3-5-21(30)23(19)22)15-7-9-18(25)20(11-15)29(31)32/h6-11,22H,3-5,27H2,1-2H3. The number of hydrogen-bond acceptors (Lipinski definition) is 6. The van der Waals surface area contributed by atoms with Crippen LogP contribution in [0.2, 0.25) is 5.02 Å². The van der Waals surface area contributed by atoms with Gasteiger partial charge in [0.15, 0.2) is 5.78 Å². The molecule has 0 amide bonds. The van der Waals surface area contributed by atoms with Gasteiger partial charge in [-0.15, -0.1) is 0 Å². The number of allylic oxidation sites excluding steroid dienone is 3. The van der Waals surface area contributed by atoms with Crippen LogP contribution in [0.1, 0.15) is 41.9 Å². The van der Waals surface area contributed by atoms with Crippen molar-refractivity contribution < 1.29 is 9.72 Å². The van der Waals surface area contributed by atoms with Crippen LogP contribution in [-0.2, 0) is 4.79 Å². The fourth-order valence-electron chi connectivity index (χ4n) is 4.62. The summed E-state index contributed by atoms with van der Waals surface area (Å²) < 4.78 is 0. The van der Waals surface area contributed by atoms with Crippen molar-refractivity contribution in [2.45, 2.75) is 39.0 Å². The fourth-order valence-corrected chi connectivity index (χ4v) is 4.81. The topological polar surface area (TPSA) is 113 Å². The van der Waals surface area contributed by atoms with Gasteiger partial charge in [0.1, 0.15) is 10.8 Å². The summed E-state index contributed by atoms with van der Waals surface area (Å²) in [6.07, 6.45) is 1.59. The number of hydrogen-bond donors (Lipinski definition) is 1. The highest BCUT2D eigenvalue weighted by molar-refractivity contribution is 6.32. The Morgan fingerprint density at radius 2 is 1.97 bits per heavy atom. The second-order valence-electron chi connectivity index (χ2n) is 8.07. The fraction of sp³-hybridized carbons (Fsp3) is 0.250. The highest BCUT2D eigenvalue weighted by atomic mass is 35.5. The van der Waals surface area contributed by atoms with Crippen molar-refractivity contribution in [1.29, 1.82) is 5.26 Å². The predicted octanol–water partition coefficient (Wildman–Crippen LogP) is 5.17. The van der Waals surface area contributed by atoms with Gasteiger partial charge in [-0.1, -0.05) is 35.4 Å². The lowest BCUT2D eigenvalue weighted by atomic mass is 9.74. The van der Waals surface area contributed by atoms with Crippen molar-refractivity contribution in [2.75, 3.05) is 4.90 Å². The maximum absolute atomic E-state index is 13.2. The second kappa shape index (κ2) is 8.13. The van der Waals surface area contributed by atoms with E-state index in [1.165, 1.54) is 12.1 Å². The van der Waals surface area contributed by atoms with Gasteiger partial charge in [-0.3, -0.25) is 19.8 Å².